The maximum absolute atomic E-state index is 12.2. The second-order valence-electron chi connectivity index (χ2n) is 6.34. The summed E-state index contributed by atoms with van der Waals surface area (Å²) in [5.41, 5.74) is 2.92. The molecule has 1 saturated heterocycles. The number of hydrogen-bond donors (Lipinski definition) is 1. The lowest BCUT2D eigenvalue weighted by Crippen LogP contribution is -2.35. The standard InChI is InChI=1S/C16H21N3O3S2/c1-10-5-4-6-11(2)15(10)18-14(20)7-23-16-17-12-8-24(21,22)9-13(12)19(16)3/h4-6,12-13H,7-9H2,1-3H3,(H,18,20)/t12-,13+/m0/s1. The molecule has 130 valence electrons. The molecular formula is C16H21N3O3S2. The second-order valence-corrected chi connectivity index (χ2v) is 9.43. The van der Waals surface area contributed by atoms with Gasteiger partial charge in [0.1, 0.15) is 0 Å². The van der Waals surface area contributed by atoms with Crippen LogP contribution in [0.3, 0.4) is 0 Å². The van der Waals surface area contributed by atoms with E-state index in [1.165, 1.54) is 11.8 Å². The van der Waals surface area contributed by atoms with E-state index in [1.807, 2.05) is 44.0 Å². The van der Waals surface area contributed by atoms with Gasteiger partial charge in [0.2, 0.25) is 5.91 Å². The third-order valence-corrected chi connectivity index (χ3v) is 7.20. The van der Waals surface area contributed by atoms with E-state index in [4.69, 9.17) is 0 Å². The highest BCUT2D eigenvalue weighted by Crippen LogP contribution is 2.29. The maximum Gasteiger partial charge on any atom is 0.234 e. The molecular weight excluding hydrogens is 346 g/mol. The van der Waals surface area contributed by atoms with E-state index in [2.05, 4.69) is 10.3 Å². The molecule has 1 fully saturated rings. The fourth-order valence-corrected chi connectivity index (χ4v) is 5.94. The number of nitrogens with zero attached hydrogens (tertiary/aromatic N) is 2. The summed E-state index contributed by atoms with van der Waals surface area (Å²) in [5, 5.41) is 3.70. The summed E-state index contributed by atoms with van der Waals surface area (Å²) in [6.07, 6.45) is 0. The predicted molar refractivity (Wildman–Crippen MR) is 98.4 cm³/mol. The van der Waals surface area contributed by atoms with Gasteiger partial charge in [-0.1, -0.05) is 30.0 Å². The van der Waals surface area contributed by atoms with Crippen LogP contribution < -0.4 is 5.32 Å². The van der Waals surface area contributed by atoms with Crippen LogP contribution >= 0.6 is 11.8 Å². The van der Waals surface area contributed by atoms with Crippen LogP contribution in [-0.2, 0) is 14.6 Å². The number of nitrogens with one attached hydrogen (secondary N) is 1. The molecule has 0 aliphatic carbocycles. The Morgan fingerprint density at radius 1 is 1.33 bits per heavy atom. The van der Waals surface area contributed by atoms with Gasteiger partial charge in [-0.15, -0.1) is 0 Å². The average molecular weight is 367 g/mol. The van der Waals surface area contributed by atoms with Crippen molar-refractivity contribution in [2.45, 2.75) is 25.9 Å². The Kier molecular flexibility index (Phi) is 4.61. The van der Waals surface area contributed by atoms with Gasteiger partial charge in [-0.2, -0.15) is 0 Å². The van der Waals surface area contributed by atoms with Crippen molar-refractivity contribution < 1.29 is 13.2 Å². The number of para-hydroxylation sites is 1. The molecule has 3 rings (SSSR count). The SMILES string of the molecule is Cc1cccc(C)c1NC(=O)CSC1=N[C@H]2CS(=O)(=O)C[C@H]2N1C. The molecule has 0 radical (unpaired) electrons. The number of likely N-dealkylation sites (N-methyl/N-ethyl adjacent to an activating group) is 1. The van der Waals surface area contributed by atoms with Gasteiger partial charge in [0.25, 0.3) is 0 Å². The first-order valence-electron chi connectivity index (χ1n) is 7.77. The number of carbonyl (C=O) groups is 1. The van der Waals surface area contributed by atoms with Crippen molar-refractivity contribution >= 4 is 38.4 Å². The van der Waals surface area contributed by atoms with Crippen LogP contribution in [0.2, 0.25) is 0 Å². The Labute approximate surface area is 146 Å². The van der Waals surface area contributed by atoms with E-state index in [-0.39, 0.29) is 35.2 Å². The lowest BCUT2D eigenvalue weighted by atomic mass is 10.1. The summed E-state index contributed by atoms with van der Waals surface area (Å²) in [4.78, 5) is 18.6. The van der Waals surface area contributed by atoms with E-state index >= 15 is 0 Å². The lowest BCUT2D eigenvalue weighted by Gasteiger charge is -2.20. The van der Waals surface area contributed by atoms with Crippen LogP contribution in [0.4, 0.5) is 5.69 Å². The lowest BCUT2D eigenvalue weighted by molar-refractivity contribution is -0.113. The van der Waals surface area contributed by atoms with Crippen LogP contribution in [0.15, 0.2) is 23.2 Å². The number of thioether (sulfide) groups is 1. The molecule has 1 amide bonds. The molecule has 0 bridgehead atoms. The summed E-state index contributed by atoms with van der Waals surface area (Å²) in [7, 11) is -1.13. The highest BCUT2D eigenvalue weighted by atomic mass is 32.2. The molecule has 2 aliphatic rings. The minimum absolute atomic E-state index is 0.0841. The Hall–Kier alpha value is -1.54. The van der Waals surface area contributed by atoms with Crippen molar-refractivity contribution in [1.82, 2.24) is 4.90 Å². The molecule has 2 aliphatic heterocycles. The number of sulfone groups is 1. The number of rotatable bonds is 3. The van der Waals surface area contributed by atoms with Crippen LogP contribution in [0.25, 0.3) is 0 Å². The molecule has 1 aromatic carbocycles. The monoisotopic (exact) mass is 367 g/mol. The average Bonchev–Trinajstić information content (AvgIpc) is 2.94. The first kappa shape index (κ1) is 17.3. The fourth-order valence-electron chi connectivity index (χ4n) is 3.13. The number of aliphatic imine (C=N–C) groups is 1. The zero-order valence-electron chi connectivity index (χ0n) is 13.9. The molecule has 0 unspecified atom stereocenters. The van der Waals surface area contributed by atoms with Gasteiger partial charge in [0, 0.05) is 12.7 Å². The summed E-state index contributed by atoms with van der Waals surface area (Å²) in [5.74, 6) is 0.429. The van der Waals surface area contributed by atoms with Crippen molar-refractivity contribution in [3.63, 3.8) is 0 Å². The highest BCUT2D eigenvalue weighted by molar-refractivity contribution is 8.14. The number of anilines is 1. The molecule has 2 heterocycles. The Bertz CT molecular complexity index is 785. The smallest absolute Gasteiger partial charge is 0.234 e. The number of amides is 1. The van der Waals surface area contributed by atoms with Gasteiger partial charge in [-0.05, 0) is 25.0 Å². The zero-order valence-corrected chi connectivity index (χ0v) is 15.6. The van der Waals surface area contributed by atoms with E-state index in [9.17, 15) is 13.2 Å². The predicted octanol–water partition coefficient (Wildman–Crippen LogP) is 1.44. The van der Waals surface area contributed by atoms with E-state index in [1.54, 1.807) is 0 Å². The van der Waals surface area contributed by atoms with Gasteiger partial charge < -0.3 is 10.2 Å². The van der Waals surface area contributed by atoms with Gasteiger partial charge in [0.05, 0.1) is 29.3 Å². The third-order valence-electron chi connectivity index (χ3n) is 4.45. The fraction of sp³-hybridized carbons (Fsp3) is 0.500. The number of hydrogen-bond acceptors (Lipinski definition) is 6. The maximum atomic E-state index is 12.2. The molecule has 8 heteroatoms. The van der Waals surface area contributed by atoms with Crippen molar-refractivity contribution in [1.29, 1.82) is 0 Å². The summed E-state index contributed by atoms with van der Waals surface area (Å²) < 4.78 is 23.3. The van der Waals surface area contributed by atoms with Crippen molar-refractivity contribution in [2.24, 2.45) is 4.99 Å². The minimum Gasteiger partial charge on any atom is -0.348 e. The first-order chi connectivity index (χ1) is 11.3. The van der Waals surface area contributed by atoms with Gasteiger partial charge in [-0.25, -0.2) is 8.42 Å². The Balaban J connectivity index is 1.60. The van der Waals surface area contributed by atoms with Crippen LogP contribution in [-0.4, -0.2) is 60.8 Å². The van der Waals surface area contributed by atoms with Crippen LogP contribution in [0.1, 0.15) is 11.1 Å². The van der Waals surface area contributed by atoms with E-state index in [0.29, 0.717) is 0 Å². The first-order valence-corrected chi connectivity index (χ1v) is 10.6. The molecule has 0 spiro atoms. The molecule has 24 heavy (non-hydrogen) atoms. The number of amidine groups is 1. The highest BCUT2D eigenvalue weighted by Gasteiger charge is 2.45. The van der Waals surface area contributed by atoms with Crippen LogP contribution in [0.5, 0.6) is 0 Å². The number of benzene rings is 1. The third kappa shape index (κ3) is 3.44. The number of carbonyl (C=O) groups excluding carboxylic acids is 1. The molecule has 0 aromatic heterocycles. The largest absolute Gasteiger partial charge is 0.348 e. The normalized spacial score (nSPS) is 24.6. The quantitative estimate of drug-likeness (QED) is 0.875. The molecule has 1 N–H and O–H groups in total. The summed E-state index contributed by atoms with van der Waals surface area (Å²) in [6.45, 7) is 3.93. The minimum atomic E-state index is -2.98. The molecule has 0 saturated carbocycles. The zero-order chi connectivity index (χ0) is 17.5. The van der Waals surface area contributed by atoms with Crippen molar-refractivity contribution in [2.75, 3.05) is 29.6 Å². The van der Waals surface area contributed by atoms with Crippen molar-refractivity contribution in [3.8, 4) is 0 Å². The molecule has 1 aromatic rings. The van der Waals surface area contributed by atoms with Gasteiger partial charge in [-0.3, -0.25) is 9.79 Å². The van der Waals surface area contributed by atoms with E-state index < -0.39 is 9.84 Å². The topological polar surface area (TPSA) is 78.8 Å². The van der Waals surface area contributed by atoms with Gasteiger partial charge in [0.15, 0.2) is 15.0 Å². The summed E-state index contributed by atoms with van der Waals surface area (Å²) in [6, 6.07) is 5.62. The Morgan fingerprint density at radius 2 is 2.00 bits per heavy atom. The van der Waals surface area contributed by atoms with Crippen LogP contribution in [0, 0.1) is 13.8 Å². The number of fused-ring (bicyclic) bond motifs is 1. The molecule has 6 nitrogen and oxygen atoms in total. The van der Waals surface area contributed by atoms with E-state index in [0.717, 1.165) is 22.0 Å². The summed E-state index contributed by atoms with van der Waals surface area (Å²) >= 11 is 1.36. The van der Waals surface area contributed by atoms with Gasteiger partial charge >= 0.3 is 0 Å². The molecule has 2 atom stereocenters. The second kappa shape index (κ2) is 6.40. The Morgan fingerprint density at radius 3 is 2.62 bits per heavy atom. The van der Waals surface area contributed by atoms with Crippen molar-refractivity contribution in [3.05, 3.63) is 29.3 Å². The number of aryl methyl sites for hydroxylation is 2.